The number of aliphatic carboxylic acids is 1. The number of likely N-dealkylation sites (N-methyl/N-ethyl adjacent to an activating group) is 1. The normalized spacial score (nSPS) is 21.7. The topological polar surface area (TPSA) is 77.9 Å². The minimum absolute atomic E-state index is 0.144. The number of carboxylic acid groups (broad SMARTS) is 1. The molecule has 0 aromatic heterocycles. The number of rotatable bonds is 4. The molecule has 0 radical (unpaired) electrons. The van der Waals surface area contributed by atoms with Crippen molar-refractivity contribution in [3.63, 3.8) is 0 Å². The highest BCUT2D eigenvalue weighted by Crippen LogP contribution is 2.46. The first kappa shape index (κ1) is 19.0. The van der Waals surface area contributed by atoms with Crippen LogP contribution in [0.25, 0.3) is 0 Å². The molecule has 0 saturated carbocycles. The average molecular weight is 384 g/mol. The highest BCUT2D eigenvalue weighted by atomic mass is 32.2. The number of para-hydroxylation sites is 1. The number of hydrogen-bond donors (Lipinski definition) is 1. The Balaban J connectivity index is 1.78. The third-order valence-electron chi connectivity index (χ3n) is 4.72. The summed E-state index contributed by atoms with van der Waals surface area (Å²) in [6.07, 6.45) is 7.04. The van der Waals surface area contributed by atoms with E-state index >= 15 is 0 Å². The molecule has 1 saturated heterocycles. The van der Waals surface area contributed by atoms with Crippen LogP contribution in [0.4, 0.5) is 10.5 Å². The van der Waals surface area contributed by atoms with Gasteiger partial charge in [-0.25, -0.2) is 0 Å². The second kappa shape index (κ2) is 7.08. The third-order valence-corrected chi connectivity index (χ3v) is 5.65. The molecule has 1 aromatic carbocycles. The van der Waals surface area contributed by atoms with Gasteiger partial charge in [-0.1, -0.05) is 44.2 Å². The fraction of sp³-hybridized carbons (Fsp3) is 0.250. The maximum absolute atomic E-state index is 12.1. The third kappa shape index (κ3) is 3.42. The van der Waals surface area contributed by atoms with Gasteiger partial charge in [-0.3, -0.25) is 19.3 Å². The number of anilines is 1. The highest BCUT2D eigenvalue weighted by molar-refractivity contribution is 8.18. The van der Waals surface area contributed by atoms with Gasteiger partial charge in [0.15, 0.2) is 0 Å². The number of nitrogens with zero attached hydrogens (tertiary/aromatic N) is 2. The van der Waals surface area contributed by atoms with Crippen LogP contribution in [0.2, 0.25) is 0 Å². The van der Waals surface area contributed by atoms with Crippen LogP contribution in [0.5, 0.6) is 0 Å². The second-order valence-electron chi connectivity index (χ2n) is 6.82. The van der Waals surface area contributed by atoms with E-state index in [4.69, 9.17) is 5.11 Å². The van der Waals surface area contributed by atoms with E-state index in [-0.39, 0.29) is 10.3 Å². The summed E-state index contributed by atoms with van der Waals surface area (Å²) in [5.41, 5.74) is 3.39. The van der Waals surface area contributed by atoms with E-state index in [1.807, 2.05) is 31.3 Å². The molecule has 1 fully saturated rings. The molecule has 0 spiro atoms. The Hall–Kier alpha value is -2.80. The van der Waals surface area contributed by atoms with Crippen molar-refractivity contribution in [3.8, 4) is 0 Å². The van der Waals surface area contributed by atoms with Crippen molar-refractivity contribution >= 4 is 34.6 Å². The summed E-state index contributed by atoms with van der Waals surface area (Å²) < 4.78 is 0. The number of carbonyl (C=O) groups excluding carboxylic acids is 2. The molecular weight excluding hydrogens is 364 g/mol. The Morgan fingerprint density at radius 1 is 1.19 bits per heavy atom. The Kier molecular flexibility index (Phi) is 4.97. The molecule has 0 aliphatic carbocycles. The number of fused-ring (bicyclic) bond motifs is 1. The molecule has 3 rings (SSSR count). The molecule has 2 heterocycles. The molecule has 2 aliphatic heterocycles. The largest absolute Gasteiger partial charge is 0.480 e. The molecule has 2 aliphatic rings. The lowest BCUT2D eigenvalue weighted by molar-refractivity contribution is -0.140. The second-order valence-corrected chi connectivity index (χ2v) is 7.82. The zero-order valence-corrected chi connectivity index (χ0v) is 16.1. The number of thioether (sulfide) groups is 1. The van der Waals surface area contributed by atoms with Crippen molar-refractivity contribution in [1.29, 1.82) is 0 Å². The van der Waals surface area contributed by atoms with Gasteiger partial charge in [0.1, 0.15) is 6.54 Å². The van der Waals surface area contributed by atoms with Crippen LogP contribution in [0, 0.1) is 0 Å². The summed E-state index contributed by atoms with van der Waals surface area (Å²) in [4.78, 5) is 37.7. The molecule has 0 bridgehead atoms. The summed E-state index contributed by atoms with van der Waals surface area (Å²) in [5, 5.41) is 8.22. The number of benzene rings is 1. The predicted octanol–water partition coefficient (Wildman–Crippen LogP) is 3.52. The van der Waals surface area contributed by atoms with E-state index in [9.17, 15) is 14.4 Å². The quantitative estimate of drug-likeness (QED) is 0.801. The van der Waals surface area contributed by atoms with Crippen LogP contribution in [-0.2, 0) is 15.0 Å². The van der Waals surface area contributed by atoms with E-state index in [0.717, 1.165) is 28.0 Å². The number of allylic oxidation sites excluding steroid dienone is 5. The van der Waals surface area contributed by atoms with E-state index in [2.05, 4.69) is 30.9 Å². The molecule has 1 N–H and O–H groups in total. The zero-order valence-electron chi connectivity index (χ0n) is 15.3. The number of imide groups is 1. The molecule has 140 valence electrons. The molecule has 0 unspecified atom stereocenters. The minimum Gasteiger partial charge on any atom is -0.480 e. The maximum Gasteiger partial charge on any atom is 0.323 e. The summed E-state index contributed by atoms with van der Waals surface area (Å²) in [5.74, 6) is -1.79. The molecule has 0 atom stereocenters. The van der Waals surface area contributed by atoms with E-state index < -0.39 is 23.7 Å². The van der Waals surface area contributed by atoms with Gasteiger partial charge in [0.25, 0.3) is 11.1 Å². The fourth-order valence-electron chi connectivity index (χ4n) is 3.38. The number of carbonyl (C=O) groups is 3. The smallest absolute Gasteiger partial charge is 0.323 e. The van der Waals surface area contributed by atoms with Gasteiger partial charge < -0.3 is 10.0 Å². The molecule has 2 amide bonds. The van der Waals surface area contributed by atoms with Crippen LogP contribution in [0.1, 0.15) is 19.4 Å². The molecule has 1 aromatic rings. The van der Waals surface area contributed by atoms with Gasteiger partial charge in [0.2, 0.25) is 0 Å². The Bertz CT molecular complexity index is 914. The Labute approximate surface area is 161 Å². The zero-order chi connectivity index (χ0) is 19.8. The minimum atomic E-state index is -1.22. The first-order chi connectivity index (χ1) is 12.7. The van der Waals surface area contributed by atoms with Crippen LogP contribution < -0.4 is 4.90 Å². The van der Waals surface area contributed by atoms with Crippen molar-refractivity contribution < 1.29 is 19.5 Å². The van der Waals surface area contributed by atoms with Crippen LogP contribution in [0.3, 0.4) is 0 Å². The van der Waals surface area contributed by atoms with Crippen molar-refractivity contribution in [3.05, 3.63) is 64.7 Å². The molecule has 6 nitrogen and oxygen atoms in total. The lowest BCUT2D eigenvalue weighted by atomic mass is 9.84. The highest BCUT2D eigenvalue weighted by Gasteiger charge is 2.38. The average Bonchev–Trinajstić information content (AvgIpc) is 2.98. The SMILES string of the molecule is CN1/C(=C/C=C/C=C2/SC(=O)N(CC(=O)O)C2=O)C(C)(C)c2ccccc21. The van der Waals surface area contributed by atoms with Crippen molar-refractivity contribution in [2.24, 2.45) is 0 Å². The molecular formula is C20H20N2O4S. The van der Waals surface area contributed by atoms with Crippen molar-refractivity contribution in [2.75, 3.05) is 18.5 Å². The van der Waals surface area contributed by atoms with Gasteiger partial charge in [-0.05, 0) is 35.5 Å². The van der Waals surface area contributed by atoms with Crippen LogP contribution in [-0.4, -0.2) is 40.7 Å². The molecule has 7 heteroatoms. The van der Waals surface area contributed by atoms with Gasteiger partial charge >= 0.3 is 5.97 Å². The number of hydrogen-bond acceptors (Lipinski definition) is 5. The van der Waals surface area contributed by atoms with E-state index in [1.54, 1.807) is 12.2 Å². The Morgan fingerprint density at radius 2 is 1.85 bits per heavy atom. The Morgan fingerprint density at radius 3 is 2.52 bits per heavy atom. The fourth-order valence-corrected chi connectivity index (χ4v) is 4.17. The van der Waals surface area contributed by atoms with E-state index in [1.165, 1.54) is 5.56 Å². The lowest BCUT2D eigenvalue weighted by Gasteiger charge is -2.23. The summed E-state index contributed by atoms with van der Waals surface area (Å²) in [6.45, 7) is 3.70. The van der Waals surface area contributed by atoms with Gasteiger partial charge in [0.05, 0.1) is 4.91 Å². The van der Waals surface area contributed by atoms with Gasteiger partial charge in [-0.2, -0.15) is 0 Å². The van der Waals surface area contributed by atoms with Crippen LogP contribution >= 0.6 is 11.8 Å². The summed E-state index contributed by atoms with van der Waals surface area (Å²) in [7, 11) is 2.02. The van der Waals surface area contributed by atoms with Gasteiger partial charge in [-0.15, -0.1) is 0 Å². The number of carboxylic acids is 1. The summed E-state index contributed by atoms with van der Waals surface area (Å²) in [6, 6.07) is 8.24. The van der Waals surface area contributed by atoms with Gasteiger partial charge in [0, 0.05) is 23.8 Å². The first-order valence-electron chi connectivity index (χ1n) is 8.41. The van der Waals surface area contributed by atoms with Crippen molar-refractivity contribution in [1.82, 2.24) is 4.90 Å². The summed E-state index contributed by atoms with van der Waals surface area (Å²) >= 11 is 0.749. The van der Waals surface area contributed by atoms with E-state index in [0.29, 0.717) is 0 Å². The predicted molar refractivity (Wildman–Crippen MR) is 106 cm³/mol. The first-order valence-corrected chi connectivity index (χ1v) is 9.23. The monoisotopic (exact) mass is 384 g/mol. The lowest BCUT2D eigenvalue weighted by Crippen LogP contribution is -2.33. The molecule has 27 heavy (non-hydrogen) atoms. The van der Waals surface area contributed by atoms with Crippen LogP contribution in [0.15, 0.2) is 59.2 Å². The standard InChI is InChI=1S/C20H20N2O4S/c1-20(2)13-8-4-5-9-14(13)21(3)16(20)11-7-6-10-15-18(25)22(12-17(23)24)19(26)27-15/h4-11H,12H2,1-3H3,(H,23,24)/b7-6+,15-10+,16-11+. The van der Waals surface area contributed by atoms with Crippen molar-refractivity contribution in [2.45, 2.75) is 19.3 Å². The number of amides is 2. The maximum atomic E-state index is 12.1.